The van der Waals surface area contributed by atoms with Crippen LogP contribution >= 0.6 is 0 Å². The second-order valence-electron chi connectivity index (χ2n) is 6.06. The summed E-state index contributed by atoms with van der Waals surface area (Å²) in [6.07, 6.45) is -1.28. The lowest BCUT2D eigenvalue weighted by molar-refractivity contribution is 0.0926. The van der Waals surface area contributed by atoms with E-state index >= 15 is 0 Å². The van der Waals surface area contributed by atoms with Gasteiger partial charge < -0.3 is 4.74 Å². The monoisotopic (exact) mass is 377 g/mol. The van der Waals surface area contributed by atoms with Crippen LogP contribution in [-0.4, -0.2) is 11.8 Å². The summed E-state index contributed by atoms with van der Waals surface area (Å²) in [5.41, 5.74) is 0.814. The van der Waals surface area contributed by atoms with E-state index in [0.717, 1.165) is 4.90 Å². The molecule has 6 heteroatoms. The highest BCUT2D eigenvalue weighted by Crippen LogP contribution is 2.34. The number of carbonyl (C=O) groups is 2. The second-order valence-corrected chi connectivity index (χ2v) is 6.06. The van der Waals surface area contributed by atoms with Gasteiger partial charge in [-0.3, -0.25) is 9.59 Å². The van der Waals surface area contributed by atoms with Gasteiger partial charge in [-0.2, -0.15) is 8.78 Å². The fourth-order valence-corrected chi connectivity index (χ4v) is 3.04. The van der Waals surface area contributed by atoms with E-state index in [1.165, 1.54) is 18.2 Å². The maximum Gasteiger partial charge on any atom is 0.271 e. The van der Waals surface area contributed by atoms with Gasteiger partial charge >= 0.3 is 0 Å². The minimum Gasteiger partial charge on any atom is -0.457 e. The Balaban J connectivity index is 1.75. The topological polar surface area (TPSA) is 46.6 Å². The summed E-state index contributed by atoms with van der Waals surface area (Å²) < 4.78 is 31.6. The lowest BCUT2D eigenvalue weighted by atomic mass is 10.1. The molecule has 1 aliphatic heterocycles. The zero-order valence-corrected chi connectivity index (χ0v) is 14.4. The lowest BCUT2D eigenvalue weighted by Crippen LogP contribution is -2.29. The van der Waals surface area contributed by atoms with Gasteiger partial charge in [-0.25, -0.2) is 4.90 Å². The van der Waals surface area contributed by atoms with Gasteiger partial charge in [0.15, 0.2) is 0 Å². The van der Waals surface area contributed by atoms with Crippen LogP contribution in [0.25, 0.3) is 6.08 Å². The van der Waals surface area contributed by atoms with E-state index in [-0.39, 0.29) is 28.1 Å². The largest absolute Gasteiger partial charge is 0.457 e. The molecule has 1 aliphatic rings. The molecule has 4 nitrogen and oxygen atoms in total. The molecule has 3 aromatic carbocycles. The van der Waals surface area contributed by atoms with Crippen molar-refractivity contribution in [3.8, 4) is 11.5 Å². The number of carbonyl (C=O) groups excluding carboxylic acids is 2. The molecule has 0 unspecified atom stereocenters. The van der Waals surface area contributed by atoms with Gasteiger partial charge in [0.25, 0.3) is 17.9 Å². The quantitative estimate of drug-likeness (QED) is 0.563. The Labute approximate surface area is 159 Å². The maximum absolute atomic E-state index is 13.0. The summed E-state index contributed by atoms with van der Waals surface area (Å²) in [5, 5.41) is 0. The average Bonchev–Trinajstić information content (AvgIpc) is 2.95. The molecule has 0 radical (unpaired) electrons. The highest BCUT2D eigenvalue weighted by Gasteiger charge is 2.36. The third kappa shape index (κ3) is 3.16. The zero-order valence-electron chi connectivity index (χ0n) is 14.4. The SMILES string of the molecule is O=C1c2ccccc2C(=O)N1c1ccc(Oc2ccccc2)c(C=C(F)F)c1. The summed E-state index contributed by atoms with van der Waals surface area (Å²) in [4.78, 5) is 26.2. The van der Waals surface area contributed by atoms with Crippen LogP contribution in [0.4, 0.5) is 14.5 Å². The van der Waals surface area contributed by atoms with E-state index in [0.29, 0.717) is 11.8 Å². The standard InChI is InChI=1S/C22H13F2NO3/c23-20(24)13-14-12-15(10-11-19(14)28-16-6-2-1-3-7-16)25-21(26)17-8-4-5-9-18(17)22(25)27/h1-13H. The second kappa shape index (κ2) is 7.08. The first-order valence-corrected chi connectivity index (χ1v) is 8.42. The summed E-state index contributed by atoms with van der Waals surface area (Å²) >= 11 is 0. The van der Waals surface area contributed by atoms with Crippen molar-refractivity contribution in [2.24, 2.45) is 0 Å². The number of hydrogen-bond donors (Lipinski definition) is 0. The molecule has 0 fully saturated rings. The van der Waals surface area contributed by atoms with Crippen molar-refractivity contribution in [3.05, 3.63) is 95.6 Å². The summed E-state index contributed by atoms with van der Waals surface area (Å²) in [5.74, 6) is -0.329. The van der Waals surface area contributed by atoms with Crippen molar-refractivity contribution < 1.29 is 23.1 Å². The average molecular weight is 377 g/mol. The Hall–Kier alpha value is -3.80. The van der Waals surface area contributed by atoms with E-state index in [1.807, 2.05) is 0 Å². The van der Waals surface area contributed by atoms with Crippen LogP contribution in [0.1, 0.15) is 26.3 Å². The van der Waals surface area contributed by atoms with E-state index in [9.17, 15) is 18.4 Å². The molecular weight excluding hydrogens is 364 g/mol. The molecule has 0 bridgehead atoms. The smallest absolute Gasteiger partial charge is 0.271 e. The molecule has 0 aromatic heterocycles. The zero-order chi connectivity index (χ0) is 19.7. The lowest BCUT2D eigenvalue weighted by Gasteiger charge is -2.16. The first-order valence-electron chi connectivity index (χ1n) is 8.42. The highest BCUT2D eigenvalue weighted by atomic mass is 19.3. The van der Waals surface area contributed by atoms with Crippen LogP contribution < -0.4 is 9.64 Å². The summed E-state index contributed by atoms with van der Waals surface area (Å²) in [6, 6.07) is 19.4. The number of imide groups is 1. The van der Waals surface area contributed by atoms with Crippen molar-refractivity contribution >= 4 is 23.6 Å². The van der Waals surface area contributed by atoms with Gasteiger partial charge in [0, 0.05) is 11.6 Å². The first kappa shape index (κ1) is 17.6. The minimum absolute atomic E-state index is 0.0536. The molecule has 4 rings (SSSR count). The number of halogens is 2. The number of nitrogens with zero attached hydrogens (tertiary/aromatic N) is 1. The molecule has 2 amide bonds. The maximum atomic E-state index is 13.0. The number of hydrogen-bond acceptors (Lipinski definition) is 3. The van der Waals surface area contributed by atoms with Crippen molar-refractivity contribution in [1.82, 2.24) is 0 Å². The molecule has 0 N–H and O–H groups in total. The van der Waals surface area contributed by atoms with Gasteiger partial charge in [-0.1, -0.05) is 30.3 Å². The van der Waals surface area contributed by atoms with Crippen LogP contribution in [-0.2, 0) is 0 Å². The fraction of sp³-hybridized carbons (Fsp3) is 0. The Bertz CT molecular complexity index is 1070. The minimum atomic E-state index is -1.92. The number of ether oxygens (including phenoxy) is 1. The summed E-state index contributed by atoms with van der Waals surface area (Å²) in [6.45, 7) is 0. The highest BCUT2D eigenvalue weighted by molar-refractivity contribution is 6.34. The van der Waals surface area contributed by atoms with Crippen LogP contribution in [0.2, 0.25) is 0 Å². The normalized spacial score (nSPS) is 12.7. The molecule has 0 saturated heterocycles. The van der Waals surface area contributed by atoms with Crippen LogP contribution in [0.3, 0.4) is 0 Å². The molecule has 0 spiro atoms. The number of para-hydroxylation sites is 1. The number of anilines is 1. The third-order valence-electron chi connectivity index (χ3n) is 4.28. The molecule has 0 atom stereocenters. The van der Waals surface area contributed by atoms with Crippen molar-refractivity contribution in [2.45, 2.75) is 0 Å². The molecule has 3 aromatic rings. The first-order chi connectivity index (χ1) is 13.5. The molecule has 28 heavy (non-hydrogen) atoms. The molecular formula is C22H13F2NO3. The predicted octanol–water partition coefficient (Wildman–Crippen LogP) is 5.52. The summed E-state index contributed by atoms with van der Waals surface area (Å²) in [7, 11) is 0. The molecule has 138 valence electrons. The molecule has 0 saturated carbocycles. The van der Waals surface area contributed by atoms with Crippen LogP contribution in [0.5, 0.6) is 11.5 Å². The third-order valence-corrected chi connectivity index (χ3v) is 4.28. The van der Waals surface area contributed by atoms with Crippen molar-refractivity contribution in [3.63, 3.8) is 0 Å². The fourth-order valence-electron chi connectivity index (χ4n) is 3.04. The van der Waals surface area contributed by atoms with Gasteiger partial charge in [-0.05, 0) is 42.5 Å². The van der Waals surface area contributed by atoms with E-state index in [2.05, 4.69) is 0 Å². The Morgan fingerprint density at radius 2 is 1.43 bits per heavy atom. The predicted molar refractivity (Wildman–Crippen MR) is 101 cm³/mol. The molecule has 0 aliphatic carbocycles. The van der Waals surface area contributed by atoms with E-state index in [1.54, 1.807) is 54.6 Å². The Morgan fingerprint density at radius 1 is 0.821 bits per heavy atom. The van der Waals surface area contributed by atoms with E-state index in [4.69, 9.17) is 4.74 Å². The molecule has 1 heterocycles. The van der Waals surface area contributed by atoms with Crippen molar-refractivity contribution in [1.29, 1.82) is 0 Å². The number of rotatable bonds is 4. The Morgan fingerprint density at radius 3 is 2.04 bits per heavy atom. The van der Waals surface area contributed by atoms with Crippen LogP contribution in [0, 0.1) is 0 Å². The Kier molecular flexibility index (Phi) is 4.45. The number of benzene rings is 3. The van der Waals surface area contributed by atoms with Gasteiger partial charge in [0.05, 0.1) is 16.8 Å². The number of amides is 2. The number of fused-ring (bicyclic) bond motifs is 1. The van der Waals surface area contributed by atoms with Gasteiger partial charge in [0.2, 0.25) is 0 Å². The van der Waals surface area contributed by atoms with Gasteiger partial charge in [0.1, 0.15) is 11.5 Å². The van der Waals surface area contributed by atoms with Crippen LogP contribution in [0.15, 0.2) is 78.9 Å². The van der Waals surface area contributed by atoms with Crippen molar-refractivity contribution in [2.75, 3.05) is 4.90 Å². The van der Waals surface area contributed by atoms with E-state index < -0.39 is 17.9 Å². The van der Waals surface area contributed by atoms with Gasteiger partial charge in [-0.15, -0.1) is 0 Å².